The van der Waals surface area contributed by atoms with Gasteiger partial charge in [-0.25, -0.2) is 4.68 Å². The van der Waals surface area contributed by atoms with Gasteiger partial charge in [0.1, 0.15) is 12.3 Å². The predicted octanol–water partition coefficient (Wildman–Crippen LogP) is 3.31. The molecule has 4 rings (SSSR count). The number of hydrogen-bond donors (Lipinski definition) is 0. The maximum Gasteiger partial charge on any atom is 0.267 e. The molecule has 0 spiro atoms. The summed E-state index contributed by atoms with van der Waals surface area (Å²) in [5, 5.41) is 5.12. The van der Waals surface area contributed by atoms with E-state index in [1.165, 1.54) is 10.7 Å². The summed E-state index contributed by atoms with van der Waals surface area (Å²) in [4.78, 5) is 29.2. The molecule has 1 fully saturated rings. The van der Waals surface area contributed by atoms with E-state index in [4.69, 9.17) is 16.3 Å². The van der Waals surface area contributed by atoms with Gasteiger partial charge in [-0.1, -0.05) is 11.6 Å². The quantitative estimate of drug-likeness (QED) is 0.574. The van der Waals surface area contributed by atoms with Crippen molar-refractivity contribution in [2.75, 3.05) is 37.7 Å². The van der Waals surface area contributed by atoms with E-state index in [0.717, 1.165) is 30.1 Å². The Morgan fingerprint density at radius 3 is 2.31 bits per heavy atom. The number of halogens is 1. The molecule has 3 aromatic rings. The molecule has 1 aliphatic heterocycles. The Kier molecular flexibility index (Phi) is 6.75. The summed E-state index contributed by atoms with van der Waals surface area (Å²) < 4.78 is 6.70. The van der Waals surface area contributed by atoms with Crippen LogP contribution in [0.1, 0.15) is 6.92 Å². The van der Waals surface area contributed by atoms with Crippen LogP contribution in [-0.2, 0) is 11.3 Å². The summed E-state index contributed by atoms with van der Waals surface area (Å²) in [7, 11) is 0. The predicted molar refractivity (Wildman–Crippen MR) is 125 cm³/mol. The number of carbonyl (C=O) groups is 1. The SMILES string of the molecule is CCOc1ccc(-c2ccc(=O)n(CC(=O)N3CCN(c4ccc(Cl)cc4)CC3)n2)cc1. The Morgan fingerprint density at radius 2 is 1.66 bits per heavy atom. The van der Waals surface area contributed by atoms with Crippen molar-refractivity contribution in [1.82, 2.24) is 14.7 Å². The number of nitrogens with zero attached hydrogens (tertiary/aromatic N) is 4. The number of aromatic nitrogens is 2. The van der Waals surface area contributed by atoms with Crippen LogP contribution in [0.4, 0.5) is 5.69 Å². The third-order valence-electron chi connectivity index (χ3n) is 5.44. The number of benzene rings is 2. The highest BCUT2D eigenvalue weighted by Crippen LogP contribution is 2.21. The summed E-state index contributed by atoms with van der Waals surface area (Å²) in [5.41, 5.74) is 2.27. The van der Waals surface area contributed by atoms with Gasteiger partial charge >= 0.3 is 0 Å². The van der Waals surface area contributed by atoms with E-state index in [1.807, 2.05) is 55.5 Å². The smallest absolute Gasteiger partial charge is 0.267 e. The molecule has 0 atom stereocenters. The zero-order chi connectivity index (χ0) is 22.5. The highest BCUT2D eigenvalue weighted by atomic mass is 35.5. The fourth-order valence-electron chi connectivity index (χ4n) is 3.70. The molecule has 2 aromatic carbocycles. The van der Waals surface area contributed by atoms with Crippen molar-refractivity contribution in [3.63, 3.8) is 0 Å². The molecule has 1 saturated heterocycles. The topological polar surface area (TPSA) is 67.7 Å². The summed E-state index contributed by atoms with van der Waals surface area (Å²) >= 11 is 5.96. The molecule has 0 N–H and O–H groups in total. The molecule has 2 heterocycles. The lowest BCUT2D eigenvalue weighted by atomic mass is 10.1. The fourth-order valence-corrected chi connectivity index (χ4v) is 3.82. The van der Waals surface area contributed by atoms with Crippen molar-refractivity contribution >= 4 is 23.2 Å². The van der Waals surface area contributed by atoms with Gasteiger partial charge in [0.25, 0.3) is 5.56 Å². The van der Waals surface area contributed by atoms with Gasteiger partial charge in [0.2, 0.25) is 5.91 Å². The van der Waals surface area contributed by atoms with Crippen LogP contribution in [0, 0.1) is 0 Å². The zero-order valence-electron chi connectivity index (χ0n) is 17.9. The van der Waals surface area contributed by atoms with E-state index in [-0.39, 0.29) is 18.0 Å². The van der Waals surface area contributed by atoms with Crippen LogP contribution in [0.25, 0.3) is 11.3 Å². The Balaban J connectivity index is 1.40. The van der Waals surface area contributed by atoms with Gasteiger partial charge in [-0.05, 0) is 61.5 Å². The van der Waals surface area contributed by atoms with E-state index in [1.54, 1.807) is 11.0 Å². The monoisotopic (exact) mass is 452 g/mol. The number of carbonyl (C=O) groups excluding carboxylic acids is 1. The standard InChI is InChI=1S/C24H25ClN4O3/c1-2-32-21-9-3-18(4-10-21)22-11-12-23(30)29(26-22)17-24(31)28-15-13-27(14-16-28)20-7-5-19(25)6-8-20/h3-12H,2,13-17H2,1H3. The summed E-state index contributed by atoms with van der Waals surface area (Å²) in [6.07, 6.45) is 0. The first-order valence-corrected chi connectivity index (χ1v) is 11.0. The van der Waals surface area contributed by atoms with Gasteiger partial charge in [0, 0.05) is 48.5 Å². The van der Waals surface area contributed by atoms with Gasteiger partial charge < -0.3 is 14.5 Å². The molecule has 1 aromatic heterocycles. The lowest BCUT2D eigenvalue weighted by Crippen LogP contribution is -2.50. The normalized spacial score (nSPS) is 13.8. The first-order chi connectivity index (χ1) is 15.5. The molecular weight excluding hydrogens is 428 g/mol. The molecule has 32 heavy (non-hydrogen) atoms. The minimum atomic E-state index is -0.298. The lowest BCUT2D eigenvalue weighted by Gasteiger charge is -2.36. The largest absolute Gasteiger partial charge is 0.494 e. The Labute approximate surface area is 191 Å². The van der Waals surface area contributed by atoms with Crippen molar-refractivity contribution in [1.29, 1.82) is 0 Å². The maximum absolute atomic E-state index is 12.8. The Bertz CT molecular complexity index is 1120. The lowest BCUT2D eigenvalue weighted by molar-refractivity contribution is -0.132. The first-order valence-electron chi connectivity index (χ1n) is 10.6. The van der Waals surface area contributed by atoms with Gasteiger partial charge in [-0.3, -0.25) is 9.59 Å². The molecule has 0 radical (unpaired) electrons. The van der Waals surface area contributed by atoms with Crippen molar-refractivity contribution in [2.24, 2.45) is 0 Å². The van der Waals surface area contributed by atoms with E-state index >= 15 is 0 Å². The van der Waals surface area contributed by atoms with E-state index in [9.17, 15) is 9.59 Å². The molecule has 0 unspecified atom stereocenters. The van der Waals surface area contributed by atoms with Crippen molar-refractivity contribution < 1.29 is 9.53 Å². The van der Waals surface area contributed by atoms with Crippen LogP contribution in [0.3, 0.4) is 0 Å². The number of ether oxygens (including phenoxy) is 1. The van der Waals surface area contributed by atoms with Crippen LogP contribution in [0.2, 0.25) is 5.02 Å². The average molecular weight is 453 g/mol. The minimum Gasteiger partial charge on any atom is -0.494 e. The average Bonchev–Trinajstić information content (AvgIpc) is 2.82. The molecule has 0 saturated carbocycles. The van der Waals surface area contributed by atoms with Crippen molar-refractivity contribution in [3.05, 3.63) is 76.0 Å². The maximum atomic E-state index is 12.8. The number of rotatable bonds is 6. The molecule has 7 nitrogen and oxygen atoms in total. The van der Waals surface area contributed by atoms with Gasteiger partial charge in [-0.15, -0.1) is 0 Å². The second-order valence-corrected chi connectivity index (χ2v) is 7.95. The van der Waals surface area contributed by atoms with Gasteiger partial charge in [-0.2, -0.15) is 5.10 Å². The Hall–Kier alpha value is -3.32. The minimum absolute atomic E-state index is 0.0787. The van der Waals surface area contributed by atoms with Crippen molar-refractivity contribution in [3.8, 4) is 17.0 Å². The molecule has 0 bridgehead atoms. The van der Waals surface area contributed by atoms with Crippen LogP contribution in [-0.4, -0.2) is 53.4 Å². The van der Waals surface area contributed by atoms with Gasteiger partial charge in [0.05, 0.1) is 12.3 Å². The second-order valence-electron chi connectivity index (χ2n) is 7.52. The van der Waals surface area contributed by atoms with E-state index < -0.39 is 0 Å². The highest BCUT2D eigenvalue weighted by Gasteiger charge is 2.22. The number of piperazine rings is 1. The van der Waals surface area contributed by atoms with Crippen LogP contribution in [0.5, 0.6) is 5.75 Å². The summed E-state index contributed by atoms with van der Waals surface area (Å²) in [5.74, 6) is 0.664. The van der Waals surface area contributed by atoms with E-state index in [0.29, 0.717) is 30.4 Å². The first kappa shape index (κ1) is 21.9. The molecular formula is C24H25ClN4O3. The second kappa shape index (κ2) is 9.87. The summed E-state index contributed by atoms with van der Waals surface area (Å²) in [6, 6.07) is 18.3. The fraction of sp³-hybridized carbons (Fsp3) is 0.292. The highest BCUT2D eigenvalue weighted by molar-refractivity contribution is 6.30. The molecule has 0 aliphatic carbocycles. The molecule has 8 heteroatoms. The third-order valence-corrected chi connectivity index (χ3v) is 5.69. The van der Waals surface area contributed by atoms with Crippen LogP contribution >= 0.6 is 11.6 Å². The summed E-state index contributed by atoms with van der Waals surface area (Å²) in [6.45, 7) is 5.08. The number of amides is 1. The van der Waals surface area contributed by atoms with Crippen LogP contribution < -0.4 is 15.2 Å². The zero-order valence-corrected chi connectivity index (χ0v) is 18.7. The van der Waals surface area contributed by atoms with E-state index in [2.05, 4.69) is 10.00 Å². The number of anilines is 1. The molecule has 1 amide bonds. The third kappa shape index (κ3) is 5.11. The number of hydrogen-bond acceptors (Lipinski definition) is 5. The molecule has 1 aliphatic rings. The van der Waals surface area contributed by atoms with Crippen LogP contribution in [0.15, 0.2) is 65.5 Å². The molecule has 166 valence electrons. The van der Waals surface area contributed by atoms with Crippen molar-refractivity contribution in [2.45, 2.75) is 13.5 Å². The van der Waals surface area contributed by atoms with Gasteiger partial charge in [0.15, 0.2) is 0 Å². The Morgan fingerprint density at radius 1 is 0.969 bits per heavy atom.